The number of aromatic nitrogens is 1. The molecule has 2 aromatic rings. The molecule has 2 atom stereocenters. The van der Waals surface area contributed by atoms with Gasteiger partial charge in [0.05, 0.1) is 12.6 Å². The zero-order valence-electron chi connectivity index (χ0n) is 23.3. The third kappa shape index (κ3) is 10.9. The molecule has 10 heteroatoms. The molecule has 3 amide bonds. The summed E-state index contributed by atoms with van der Waals surface area (Å²) in [5.41, 5.74) is 1.11. The molecule has 1 saturated heterocycles. The maximum atomic E-state index is 12.8. The van der Waals surface area contributed by atoms with Crippen LogP contribution in [0.25, 0.3) is 10.9 Å². The third-order valence-electron chi connectivity index (χ3n) is 6.20. The first-order chi connectivity index (χ1) is 18.8. The monoisotopic (exact) mass is 542 g/mol. The van der Waals surface area contributed by atoms with E-state index in [1.54, 1.807) is 6.07 Å². The molecule has 10 nitrogen and oxygen atoms in total. The average Bonchev–Trinajstić information content (AvgIpc) is 3.54. The number of carbonyl (C=O) groups excluding carboxylic acids is 5. The number of hydrogen-bond acceptors (Lipinski definition) is 6. The molecule has 2 heterocycles. The lowest BCUT2D eigenvalue weighted by molar-refractivity contribution is -0.149. The second-order valence-electron chi connectivity index (χ2n) is 9.73. The van der Waals surface area contributed by atoms with Crippen LogP contribution in [0.2, 0.25) is 0 Å². The van der Waals surface area contributed by atoms with E-state index < -0.39 is 42.1 Å². The molecule has 0 bridgehead atoms. The minimum Gasteiger partial charge on any atom is -0.458 e. The lowest BCUT2D eigenvalue weighted by Gasteiger charge is -2.20. The minimum atomic E-state index is -1.01. The maximum absolute atomic E-state index is 12.8. The molecular weight excluding hydrogens is 500 g/mol. The van der Waals surface area contributed by atoms with Crippen LogP contribution >= 0.6 is 0 Å². The Balaban J connectivity index is 0.00000170. The summed E-state index contributed by atoms with van der Waals surface area (Å²) in [4.78, 5) is 64.8. The largest absolute Gasteiger partial charge is 0.458 e. The van der Waals surface area contributed by atoms with Gasteiger partial charge >= 0.3 is 5.97 Å². The summed E-state index contributed by atoms with van der Waals surface area (Å²) in [5, 5.41) is 8.71. The Morgan fingerprint density at radius 2 is 1.82 bits per heavy atom. The number of aromatic amines is 1. The van der Waals surface area contributed by atoms with Crippen LogP contribution in [0.3, 0.4) is 0 Å². The zero-order chi connectivity index (χ0) is 28.6. The van der Waals surface area contributed by atoms with Crippen LogP contribution in [0, 0.1) is 5.92 Å². The van der Waals surface area contributed by atoms with Crippen molar-refractivity contribution >= 4 is 40.4 Å². The van der Waals surface area contributed by atoms with Crippen LogP contribution in [0.5, 0.6) is 0 Å². The summed E-state index contributed by atoms with van der Waals surface area (Å²) in [6.07, 6.45) is 5.81. The molecular formula is C29H42N4O6. The first-order valence-corrected chi connectivity index (χ1v) is 13.9. The van der Waals surface area contributed by atoms with Crippen molar-refractivity contribution in [3.8, 4) is 0 Å². The zero-order valence-corrected chi connectivity index (χ0v) is 23.3. The molecule has 0 aliphatic carbocycles. The summed E-state index contributed by atoms with van der Waals surface area (Å²) in [6, 6.07) is 8.08. The van der Waals surface area contributed by atoms with E-state index in [4.69, 9.17) is 4.74 Å². The predicted octanol–water partition coefficient (Wildman–Crippen LogP) is 3.41. The Kier molecular flexibility index (Phi) is 13.7. The first-order valence-electron chi connectivity index (χ1n) is 13.9. The fourth-order valence-electron chi connectivity index (χ4n) is 4.14. The molecule has 2 unspecified atom stereocenters. The number of ether oxygens (including phenoxy) is 1. The highest BCUT2D eigenvalue weighted by Crippen LogP contribution is 2.17. The van der Waals surface area contributed by atoms with Crippen molar-refractivity contribution in [2.24, 2.45) is 5.92 Å². The van der Waals surface area contributed by atoms with Crippen molar-refractivity contribution < 1.29 is 28.7 Å². The lowest BCUT2D eigenvalue weighted by Crippen LogP contribution is -2.48. The summed E-state index contributed by atoms with van der Waals surface area (Å²) in [5.74, 6) is -2.61. The van der Waals surface area contributed by atoms with Crippen LogP contribution in [-0.4, -0.2) is 60.2 Å². The molecule has 0 saturated carbocycles. The molecule has 0 radical (unpaired) electrons. The second kappa shape index (κ2) is 17.0. The van der Waals surface area contributed by atoms with E-state index in [1.807, 2.05) is 24.3 Å². The number of Topliss-reactive ketones (excluding diaryl/α,β-unsaturated/α-hetero) is 1. The van der Waals surface area contributed by atoms with E-state index in [-0.39, 0.29) is 25.3 Å². The quantitative estimate of drug-likeness (QED) is 0.213. The standard InChI is InChI=1S/C26H34N4O6.C3H8/c1-2-3-4-5-10-24(33)36-16-22(31)20(14-18-11-12-27-25(18)34)30-23(32)15-28-26(35)21-13-17-8-6-7-9-19(17)29-21;1-3-2/h6-9,13,18,20,29H,2-5,10-12,14-16H2,1H3,(H,27,34)(H,28,35)(H,30,32);3H2,1-2H3. The lowest BCUT2D eigenvalue weighted by atomic mass is 9.96. The van der Waals surface area contributed by atoms with Crippen molar-refractivity contribution in [2.45, 2.75) is 78.2 Å². The highest BCUT2D eigenvalue weighted by atomic mass is 16.5. The van der Waals surface area contributed by atoms with Gasteiger partial charge < -0.3 is 25.7 Å². The molecule has 3 rings (SSSR count). The fourth-order valence-corrected chi connectivity index (χ4v) is 4.14. The number of nitrogens with one attached hydrogen (secondary N) is 4. The first kappa shape index (κ1) is 31.5. The van der Waals surface area contributed by atoms with E-state index in [1.165, 1.54) is 6.42 Å². The summed E-state index contributed by atoms with van der Waals surface area (Å²) >= 11 is 0. The highest BCUT2D eigenvalue weighted by Gasteiger charge is 2.31. The van der Waals surface area contributed by atoms with Gasteiger partial charge in [0.1, 0.15) is 5.69 Å². The van der Waals surface area contributed by atoms with E-state index >= 15 is 0 Å². The normalized spacial score (nSPS) is 15.1. The van der Waals surface area contributed by atoms with E-state index in [2.05, 4.69) is 41.7 Å². The number of esters is 1. The number of fused-ring (bicyclic) bond motifs is 1. The van der Waals surface area contributed by atoms with Gasteiger partial charge in [0, 0.05) is 29.8 Å². The molecule has 4 N–H and O–H groups in total. The maximum Gasteiger partial charge on any atom is 0.306 e. The molecule has 1 aromatic heterocycles. The number of benzene rings is 1. The molecule has 1 aliphatic rings. The molecule has 214 valence electrons. The molecule has 39 heavy (non-hydrogen) atoms. The Morgan fingerprint density at radius 3 is 2.49 bits per heavy atom. The number of carbonyl (C=O) groups is 5. The van der Waals surface area contributed by atoms with Crippen LogP contribution in [0.4, 0.5) is 0 Å². The van der Waals surface area contributed by atoms with Crippen molar-refractivity contribution in [3.05, 3.63) is 36.0 Å². The Morgan fingerprint density at radius 1 is 1.08 bits per heavy atom. The summed E-state index contributed by atoms with van der Waals surface area (Å²) in [6.45, 7) is 5.99. The molecule has 1 fully saturated rings. The van der Waals surface area contributed by atoms with E-state index in [9.17, 15) is 24.0 Å². The molecule has 0 spiro atoms. The summed E-state index contributed by atoms with van der Waals surface area (Å²) in [7, 11) is 0. The van der Waals surface area contributed by atoms with Crippen molar-refractivity contribution in [2.75, 3.05) is 19.7 Å². The second-order valence-corrected chi connectivity index (χ2v) is 9.73. The van der Waals surface area contributed by atoms with Gasteiger partial charge in [-0.05, 0) is 31.4 Å². The minimum absolute atomic E-state index is 0.0976. The Labute approximate surface area is 230 Å². The van der Waals surface area contributed by atoms with Gasteiger partial charge in [0.15, 0.2) is 12.4 Å². The van der Waals surface area contributed by atoms with E-state index in [0.29, 0.717) is 25.1 Å². The van der Waals surface area contributed by atoms with Crippen LogP contribution in [0.15, 0.2) is 30.3 Å². The summed E-state index contributed by atoms with van der Waals surface area (Å²) < 4.78 is 5.11. The molecule has 1 aromatic carbocycles. The van der Waals surface area contributed by atoms with Gasteiger partial charge in [-0.25, -0.2) is 0 Å². The number of hydrogen-bond donors (Lipinski definition) is 4. The Bertz CT molecular complexity index is 1080. The number of ketones is 1. The van der Waals surface area contributed by atoms with E-state index in [0.717, 1.165) is 30.2 Å². The molecule has 1 aliphatic heterocycles. The number of rotatable bonds is 14. The number of unbranched alkanes of at least 4 members (excludes halogenated alkanes) is 3. The number of para-hydroxylation sites is 1. The smallest absolute Gasteiger partial charge is 0.306 e. The van der Waals surface area contributed by atoms with Crippen molar-refractivity contribution in [3.63, 3.8) is 0 Å². The van der Waals surface area contributed by atoms with Gasteiger partial charge in [-0.3, -0.25) is 24.0 Å². The van der Waals surface area contributed by atoms with Crippen molar-refractivity contribution in [1.82, 2.24) is 20.9 Å². The predicted molar refractivity (Wildman–Crippen MR) is 149 cm³/mol. The number of amides is 3. The van der Waals surface area contributed by atoms with Crippen LogP contribution in [-0.2, 0) is 23.9 Å². The fraction of sp³-hybridized carbons (Fsp3) is 0.552. The SMILES string of the molecule is CCC.CCCCCCC(=O)OCC(=O)C(CC1CCNC1=O)NC(=O)CNC(=O)c1cc2ccccc2[nH]1. The van der Waals surface area contributed by atoms with Gasteiger partial charge in [-0.15, -0.1) is 0 Å². The topological polar surface area (TPSA) is 146 Å². The third-order valence-corrected chi connectivity index (χ3v) is 6.20. The van der Waals surface area contributed by atoms with Crippen LogP contribution < -0.4 is 16.0 Å². The van der Waals surface area contributed by atoms with Crippen LogP contribution in [0.1, 0.15) is 82.6 Å². The number of H-pyrrole nitrogens is 1. The average molecular weight is 543 g/mol. The van der Waals surface area contributed by atoms with Crippen molar-refractivity contribution in [1.29, 1.82) is 0 Å². The van der Waals surface area contributed by atoms with Gasteiger partial charge in [-0.2, -0.15) is 0 Å². The van der Waals surface area contributed by atoms with Gasteiger partial charge in [0.2, 0.25) is 11.8 Å². The highest BCUT2D eigenvalue weighted by molar-refractivity contribution is 6.00. The van der Waals surface area contributed by atoms with Gasteiger partial charge in [-0.1, -0.05) is 64.7 Å². The van der Waals surface area contributed by atoms with Gasteiger partial charge in [0.25, 0.3) is 5.91 Å². The Hall–Kier alpha value is -3.69.